The number of hydrogen-bond donors (Lipinski definition) is 3. The molecule has 2 heterocycles. The summed E-state index contributed by atoms with van der Waals surface area (Å²) in [7, 11) is 0. The molecule has 0 saturated heterocycles. The van der Waals surface area contributed by atoms with Crippen LogP contribution in [0.3, 0.4) is 0 Å². The first-order valence-corrected chi connectivity index (χ1v) is 10.9. The predicted octanol–water partition coefficient (Wildman–Crippen LogP) is 4.48. The number of nitrogens with one attached hydrogen (secondary N) is 3. The molecular weight excluding hydrogens is 396 g/mol. The van der Waals surface area contributed by atoms with Gasteiger partial charge in [-0.1, -0.05) is 26.0 Å². The second-order valence-electron chi connectivity index (χ2n) is 8.85. The number of rotatable bonds is 4. The molecule has 0 bridgehead atoms. The van der Waals surface area contributed by atoms with Crippen molar-refractivity contribution in [2.24, 2.45) is 5.41 Å². The van der Waals surface area contributed by atoms with Gasteiger partial charge in [-0.2, -0.15) is 0 Å². The highest BCUT2D eigenvalue weighted by molar-refractivity contribution is 7.71. The minimum atomic E-state index is -0.416. The molecule has 4 rings (SSSR count). The Morgan fingerprint density at radius 1 is 1.07 bits per heavy atom. The first kappa shape index (κ1) is 20.6. The lowest BCUT2D eigenvalue weighted by molar-refractivity contribution is -0.118. The van der Waals surface area contributed by atoms with E-state index in [-0.39, 0.29) is 21.5 Å². The maximum absolute atomic E-state index is 13.2. The predicted molar refractivity (Wildman–Crippen MR) is 123 cm³/mol. The van der Waals surface area contributed by atoms with Crippen molar-refractivity contribution in [3.05, 3.63) is 61.8 Å². The number of benzene rings is 1. The Labute approximate surface area is 181 Å². The van der Waals surface area contributed by atoms with E-state index >= 15 is 0 Å². The van der Waals surface area contributed by atoms with Gasteiger partial charge < -0.3 is 15.2 Å². The highest BCUT2D eigenvalue weighted by Gasteiger charge is 2.42. The molecule has 0 radical (unpaired) electrons. The number of anilines is 2. The number of nitrogens with zero attached hydrogens (tertiary/aromatic N) is 1. The molecule has 0 fully saturated rings. The van der Waals surface area contributed by atoms with Gasteiger partial charge in [-0.15, -0.1) is 0 Å². The summed E-state index contributed by atoms with van der Waals surface area (Å²) in [5.41, 5.74) is 3.78. The molecule has 1 aliphatic carbocycles. The van der Waals surface area contributed by atoms with Crippen molar-refractivity contribution >= 4 is 29.5 Å². The fourth-order valence-electron chi connectivity index (χ4n) is 4.75. The molecule has 1 aromatic heterocycles. The highest BCUT2D eigenvalue weighted by Crippen LogP contribution is 2.47. The standard InChI is InChI=1S/C23H28N4O2S/c1-5-27(6-2)14-9-7-13(8-10-14)17-18-15(11-23(3,4)12-16(18)28)24-20-19(17)21(29)26-22(30)25-20/h7-10,17H,5-6,11-12H2,1-4H3,(H3,24,25,26,29,30). The molecule has 0 spiro atoms. The zero-order valence-electron chi connectivity index (χ0n) is 17.9. The Balaban J connectivity index is 1.90. The van der Waals surface area contributed by atoms with Gasteiger partial charge in [-0.25, -0.2) is 0 Å². The van der Waals surface area contributed by atoms with Crippen molar-refractivity contribution < 1.29 is 4.79 Å². The second-order valence-corrected chi connectivity index (χ2v) is 9.26. The average molecular weight is 425 g/mol. The van der Waals surface area contributed by atoms with Gasteiger partial charge >= 0.3 is 0 Å². The van der Waals surface area contributed by atoms with Crippen molar-refractivity contribution in [3.63, 3.8) is 0 Å². The third-order valence-corrected chi connectivity index (χ3v) is 6.31. The van der Waals surface area contributed by atoms with E-state index in [1.165, 1.54) is 0 Å². The van der Waals surface area contributed by atoms with Crippen LogP contribution in [0.2, 0.25) is 0 Å². The number of Topliss-reactive ketones (excluding diaryl/α,β-unsaturated/α-hetero) is 1. The van der Waals surface area contributed by atoms with Crippen LogP contribution in [0.5, 0.6) is 0 Å². The van der Waals surface area contributed by atoms with E-state index in [9.17, 15) is 9.59 Å². The summed E-state index contributed by atoms with van der Waals surface area (Å²) in [5.74, 6) is 0.270. The maximum Gasteiger partial charge on any atom is 0.257 e. The van der Waals surface area contributed by atoms with Gasteiger partial charge in [0, 0.05) is 42.4 Å². The fourth-order valence-corrected chi connectivity index (χ4v) is 4.94. The number of aromatic amines is 2. The Morgan fingerprint density at radius 2 is 1.73 bits per heavy atom. The van der Waals surface area contributed by atoms with Crippen LogP contribution < -0.4 is 15.8 Å². The summed E-state index contributed by atoms with van der Waals surface area (Å²) in [6, 6.07) is 8.21. The summed E-state index contributed by atoms with van der Waals surface area (Å²) < 4.78 is 0.271. The Hall–Kier alpha value is -2.67. The Morgan fingerprint density at radius 3 is 2.37 bits per heavy atom. The molecule has 2 aliphatic rings. The van der Waals surface area contributed by atoms with Crippen LogP contribution in [0.4, 0.5) is 11.5 Å². The summed E-state index contributed by atoms with van der Waals surface area (Å²) >= 11 is 5.19. The van der Waals surface area contributed by atoms with Crippen molar-refractivity contribution in [3.8, 4) is 0 Å². The molecule has 30 heavy (non-hydrogen) atoms. The summed E-state index contributed by atoms with van der Waals surface area (Å²) in [4.78, 5) is 34.2. The van der Waals surface area contributed by atoms with E-state index in [1.807, 2.05) is 12.1 Å². The van der Waals surface area contributed by atoms with Crippen LogP contribution in [0.25, 0.3) is 0 Å². The van der Waals surface area contributed by atoms with Crippen LogP contribution >= 0.6 is 12.2 Å². The van der Waals surface area contributed by atoms with Crippen molar-refractivity contribution in [1.29, 1.82) is 0 Å². The maximum atomic E-state index is 13.2. The van der Waals surface area contributed by atoms with Crippen LogP contribution in [-0.2, 0) is 4.79 Å². The molecule has 1 aromatic carbocycles. The number of fused-ring (bicyclic) bond motifs is 1. The number of allylic oxidation sites excluding steroid dienone is 2. The van der Waals surface area contributed by atoms with Crippen molar-refractivity contribution in [2.45, 2.75) is 46.5 Å². The summed E-state index contributed by atoms with van der Waals surface area (Å²) in [5, 5.41) is 3.32. The van der Waals surface area contributed by atoms with E-state index in [0.717, 1.165) is 36.5 Å². The largest absolute Gasteiger partial charge is 0.372 e. The van der Waals surface area contributed by atoms with Crippen LogP contribution in [-0.4, -0.2) is 28.8 Å². The van der Waals surface area contributed by atoms with Gasteiger partial charge in [-0.3, -0.25) is 14.6 Å². The van der Waals surface area contributed by atoms with E-state index in [1.54, 1.807) is 0 Å². The smallest absolute Gasteiger partial charge is 0.257 e. The molecule has 1 unspecified atom stereocenters. The number of ketones is 1. The summed E-state index contributed by atoms with van der Waals surface area (Å²) in [6.07, 6.45) is 1.21. The third kappa shape index (κ3) is 3.51. The molecule has 2 aromatic rings. The average Bonchev–Trinajstić information content (AvgIpc) is 2.66. The fraction of sp³-hybridized carbons (Fsp3) is 0.435. The zero-order chi connectivity index (χ0) is 21.6. The number of carbonyl (C=O) groups is 1. The lowest BCUT2D eigenvalue weighted by Gasteiger charge is -2.38. The van der Waals surface area contributed by atoms with Gasteiger partial charge in [0.25, 0.3) is 5.56 Å². The van der Waals surface area contributed by atoms with E-state index in [2.05, 4.69) is 60.0 Å². The molecular formula is C23H28N4O2S. The van der Waals surface area contributed by atoms with Crippen molar-refractivity contribution in [2.75, 3.05) is 23.3 Å². The van der Waals surface area contributed by atoms with Crippen LogP contribution in [0.1, 0.15) is 57.6 Å². The molecule has 7 heteroatoms. The molecule has 6 nitrogen and oxygen atoms in total. The first-order chi connectivity index (χ1) is 14.2. The number of carbonyl (C=O) groups excluding carboxylic acids is 1. The molecule has 1 atom stereocenters. The minimum Gasteiger partial charge on any atom is -0.372 e. The minimum absolute atomic E-state index is 0.0964. The highest BCUT2D eigenvalue weighted by atomic mass is 32.1. The van der Waals surface area contributed by atoms with Gasteiger partial charge in [0.05, 0.1) is 5.56 Å². The molecule has 3 N–H and O–H groups in total. The van der Waals surface area contributed by atoms with E-state index in [4.69, 9.17) is 12.2 Å². The Bertz CT molecular complexity index is 1140. The van der Waals surface area contributed by atoms with E-state index in [0.29, 0.717) is 23.4 Å². The number of H-pyrrole nitrogens is 2. The lowest BCUT2D eigenvalue weighted by atomic mass is 9.69. The van der Waals surface area contributed by atoms with Gasteiger partial charge in [-0.05, 0) is 55.6 Å². The quantitative estimate of drug-likeness (QED) is 0.631. The van der Waals surface area contributed by atoms with Gasteiger partial charge in [0.15, 0.2) is 10.6 Å². The van der Waals surface area contributed by atoms with Gasteiger partial charge in [0.2, 0.25) is 0 Å². The molecule has 0 amide bonds. The second kappa shape index (κ2) is 7.54. The number of aromatic nitrogens is 2. The molecule has 1 aliphatic heterocycles. The van der Waals surface area contributed by atoms with Crippen LogP contribution in [0, 0.1) is 10.2 Å². The third-order valence-electron chi connectivity index (χ3n) is 6.11. The normalized spacial score (nSPS) is 19.7. The molecule has 0 saturated carbocycles. The summed E-state index contributed by atoms with van der Waals surface area (Å²) in [6.45, 7) is 10.3. The number of hydrogen-bond acceptors (Lipinski definition) is 5. The topological polar surface area (TPSA) is 81.0 Å². The van der Waals surface area contributed by atoms with E-state index < -0.39 is 5.92 Å². The monoisotopic (exact) mass is 424 g/mol. The lowest BCUT2D eigenvalue weighted by Crippen LogP contribution is -2.36. The Kier molecular flexibility index (Phi) is 5.18. The van der Waals surface area contributed by atoms with Gasteiger partial charge in [0.1, 0.15) is 5.82 Å². The SMILES string of the molecule is CCN(CC)c1ccc(C2C3=C(CC(C)(C)CC3=O)Nc3[nH]c(=S)[nH]c(=O)c32)cc1. The van der Waals surface area contributed by atoms with Crippen molar-refractivity contribution in [1.82, 2.24) is 9.97 Å². The van der Waals surface area contributed by atoms with Crippen LogP contribution in [0.15, 0.2) is 40.3 Å². The first-order valence-electron chi connectivity index (χ1n) is 10.5. The molecule has 158 valence electrons. The zero-order valence-corrected chi connectivity index (χ0v) is 18.7.